The van der Waals surface area contributed by atoms with Gasteiger partial charge in [0, 0.05) is 24.4 Å². The Labute approximate surface area is 259 Å². The van der Waals surface area contributed by atoms with Crippen LogP contribution in [-0.2, 0) is 9.59 Å². The fourth-order valence-corrected chi connectivity index (χ4v) is 5.32. The van der Waals surface area contributed by atoms with Crippen molar-refractivity contribution in [3.8, 4) is 23.1 Å². The molecule has 0 spiro atoms. The van der Waals surface area contributed by atoms with Gasteiger partial charge in [-0.3, -0.25) is 14.5 Å². The summed E-state index contributed by atoms with van der Waals surface area (Å²) >= 11 is 0. The zero-order valence-corrected chi connectivity index (χ0v) is 25.4. The van der Waals surface area contributed by atoms with Crippen molar-refractivity contribution < 1.29 is 32.6 Å². The lowest BCUT2D eigenvalue weighted by molar-refractivity contribution is -0.145. The minimum Gasteiger partial charge on any atom is -0.493 e. The van der Waals surface area contributed by atoms with E-state index in [9.17, 15) is 14.0 Å². The molecule has 12 heteroatoms. The van der Waals surface area contributed by atoms with Crippen LogP contribution in [0, 0.1) is 17.0 Å². The number of anilines is 2. The number of nitrogens with two attached hydrogens (primary N) is 1. The number of methoxy groups -OCH3 is 1. The summed E-state index contributed by atoms with van der Waals surface area (Å²) < 4.78 is 46.8. The first kappa shape index (κ1) is 31.6. The van der Waals surface area contributed by atoms with Crippen molar-refractivity contribution in [2.45, 2.75) is 33.1 Å². The van der Waals surface area contributed by atoms with Crippen molar-refractivity contribution in [3.63, 3.8) is 0 Å². The van der Waals surface area contributed by atoms with Gasteiger partial charge in [-0.1, -0.05) is 20.3 Å². The zero-order chi connectivity index (χ0) is 32.1. The Hall–Kier alpha value is -4.84. The van der Waals surface area contributed by atoms with E-state index in [1.807, 2.05) is 0 Å². The Morgan fingerprint density at radius 3 is 2.24 bits per heavy atom. The Kier molecular flexibility index (Phi) is 9.43. The number of halogens is 2. The van der Waals surface area contributed by atoms with Crippen LogP contribution in [0.2, 0.25) is 0 Å². The van der Waals surface area contributed by atoms with Crippen molar-refractivity contribution in [1.29, 1.82) is 0 Å². The number of aromatic nitrogens is 2. The monoisotopic (exact) mass is 619 g/mol. The fourth-order valence-electron chi connectivity index (χ4n) is 5.32. The van der Waals surface area contributed by atoms with Gasteiger partial charge in [0.25, 0.3) is 0 Å². The molecule has 0 radical (unpaired) electrons. The molecule has 0 atom stereocenters. The second-order valence-corrected chi connectivity index (χ2v) is 10.7. The number of fused-ring (bicyclic) bond motifs is 1. The molecule has 0 bridgehead atoms. The molecule has 0 unspecified atom stereocenters. The number of rotatable bonds is 13. The quantitative estimate of drug-likeness (QED) is 0.188. The molecule has 1 aliphatic carbocycles. The largest absolute Gasteiger partial charge is 0.493 e. The van der Waals surface area contributed by atoms with Gasteiger partial charge in [-0.15, -0.1) is 0 Å². The maximum Gasteiger partial charge on any atom is 0.247 e. The minimum atomic E-state index is -1.42. The van der Waals surface area contributed by atoms with Gasteiger partial charge in [0.2, 0.25) is 17.7 Å². The van der Waals surface area contributed by atoms with Crippen LogP contribution >= 0.6 is 0 Å². The lowest BCUT2D eigenvalue weighted by Crippen LogP contribution is -2.54. The van der Waals surface area contributed by atoms with Crippen molar-refractivity contribution in [1.82, 2.24) is 14.9 Å². The van der Waals surface area contributed by atoms with Crippen LogP contribution in [0.3, 0.4) is 0 Å². The molecule has 2 amide bonds. The molecule has 10 nitrogen and oxygen atoms in total. The molecule has 1 heterocycles. The van der Waals surface area contributed by atoms with Crippen LogP contribution < -0.4 is 24.8 Å². The number of nitrogens with zero attached hydrogens (tertiary/aromatic N) is 4. The first-order valence-corrected chi connectivity index (χ1v) is 14.8. The molecule has 1 fully saturated rings. The minimum absolute atomic E-state index is 0.0771. The molecular formula is C33H35F2N5O5. The molecule has 1 aromatic heterocycles. The van der Waals surface area contributed by atoms with Crippen LogP contribution in [0.1, 0.15) is 33.1 Å². The van der Waals surface area contributed by atoms with E-state index in [1.165, 1.54) is 54.7 Å². The first-order chi connectivity index (χ1) is 21.7. The highest BCUT2D eigenvalue weighted by Gasteiger charge is 2.52. The molecule has 3 aromatic carbocycles. The average Bonchev–Trinajstić information content (AvgIpc) is 3.00. The highest BCUT2D eigenvalue weighted by atomic mass is 19.1. The van der Waals surface area contributed by atoms with Crippen LogP contribution in [-0.4, -0.2) is 60.0 Å². The van der Waals surface area contributed by atoms with E-state index in [0.29, 0.717) is 35.4 Å². The van der Waals surface area contributed by atoms with Crippen molar-refractivity contribution in [3.05, 3.63) is 72.6 Å². The van der Waals surface area contributed by atoms with Gasteiger partial charge in [-0.25, -0.2) is 18.7 Å². The van der Waals surface area contributed by atoms with E-state index in [4.69, 9.17) is 19.9 Å². The van der Waals surface area contributed by atoms with Gasteiger partial charge in [0.15, 0.2) is 23.1 Å². The lowest BCUT2D eigenvalue weighted by Gasteiger charge is -2.40. The molecule has 0 aliphatic heterocycles. The van der Waals surface area contributed by atoms with E-state index < -0.39 is 28.9 Å². The van der Waals surface area contributed by atoms with E-state index in [-0.39, 0.29) is 35.8 Å². The van der Waals surface area contributed by atoms with Gasteiger partial charge >= 0.3 is 0 Å². The maximum absolute atomic E-state index is 15.7. The normalized spacial score (nSPS) is 13.7. The number of benzene rings is 3. The van der Waals surface area contributed by atoms with Gasteiger partial charge in [-0.2, -0.15) is 0 Å². The van der Waals surface area contributed by atoms with Crippen molar-refractivity contribution in [2.24, 2.45) is 11.1 Å². The Balaban J connectivity index is 1.44. The number of carbonyl (C=O) groups is 2. The fraction of sp³-hybridized carbons (Fsp3) is 0.333. The standard InChI is InChI=1S/C33H35F2N5O5/c1-4-39(5-2)15-16-44-29-19-26-24(18-28(29)43-3)30(38-20-37-26)45-27-12-11-23(17-25(27)35)40(22-9-7-21(34)8-10-22)32(42)33(31(36)41)13-6-14-33/h7-12,17-20H,4-6,13-16H2,1-3H3,(H2,36,41). The summed E-state index contributed by atoms with van der Waals surface area (Å²) in [5.74, 6) is -1.83. The second kappa shape index (κ2) is 13.4. The van der Waals surface area contributed by atoms with Crippen LogP contribution in [0.25, 0.3) is 10.9 Å². The number of primary amides is 1. The number of hydrogen-bond donors (Lipinski definition) is 1. The highest BCUT2D eigenvalue weighted by molar-refractivity contribution is 6.15. The molecule has 1 saturated carbocycles. The third kappa shape index (κ3) is 6.37. The summed E-state index contributed by atoms with van der Waals surface area (Å²) in [7, 11) is 1.52. The number of hydrogen-bond acceptors (Lipinski definition) is 8. The highest BCUT2D eigenvalue weighted by Crippen LogP contribution is 2.45. The van der Waals surface area contributed by atoms with Crippen molar-refractivity contribution in [2.75, 3.05) is 38.3 Å². The molecular weight excluding hydrogens is 584 g/mol. The Bertz CT molecular complexity index is 1690. The first-order valence-electron chi connectivity index (χ1n) is 14.8. The van der Waals surface area contributed by atoms with Gasteiger partial charge in [0.05, 0.1) is 23.7 Å². The van der Waals surface area contributed by atoms with Crippen LogP contribution in [0.15, 0.2) is 60.9 Å². The van der Waals surface area contributed by atoms with Gasteiger partial charge in [0.1, 0.15) is 24.2 Å². The van der Waals surface area contributed by atoms with Crippen LogP contribution in [0.5, 0.6) is 23.1 Å². The third-order valence-corrected chi connectivity index (χ3v) is 8.20. The predicted molar refractivity (Wildman–Crippen MR) is 165 cm³/mol. The summed E-state index contributed by atoms with van der Waals surface area (Å²) in [6.45, 7) is 7.20. The SMILES string of the molecule is CCN(CC)CCOc1cc2ncnc(Oc3ccc(N(C(=O)C4(C(N)=O)CCC4)c4ccc(F)cc4)cc3F)c2cc1OC. The molecule has 4 aromatic rings. The Morgan fingerprint density at radius 1 is 0.933 bits per heavy atom. The average molecular weight is 620 g/mol. The van der Waals surface area contributed by atoms with Gasteiger partial charge in [-0.05, 0) is 68.4 Å². The van der Waals surface area contributed by atoms with E-state index in [0.717, 1.165) is 25.7 Å². The maximum atomic E-state index is 15.7. The molecule has 5 rings (SSSR count). The summed E-state index contributed by atoms with van der Waals surface area (Å²) in [5.41, 5.74) is 5.09. The summed E-state index contributed by atoms with van der Waals surface area (Å²) in [6, 6.07) is 12.4. The molecule has 0 saturated heterocycles. The summed E-state index contributed by atoms with van der Waals surface area (Å²) in [6.07, 6.45) is 2.49. The topological polar surface area (TPSA) is 120 Å². The second-order valence-electron chi connectivity index (χ2n) is 10.7. The van der Waals surface area contributed by atoms with E-state index in [2.05, 4.69) is 28.7 Å². The number of likely N-dealkylation sites (N-methyl/N-ethyl adjacent to an activating group) is 1. The van der Waals surface area contributed by atoms with Gasteiger partial charge < -0.3 is 24.8 Å². The smallest absolute Gasteiger partial charge is 0.247 e. The Morgan fingerprint density at radius 2 is 1.64 bits per heavy atom. The number of carbonyl (C=O) groups excluding carboxylic acids is 2. The van der Waals surface area contributed by atoms with Crippen LogP contribution in [0.4, 0.5) is 20.2 Å². The molecule has 45 heavy (non-hydrogen) atoms. The molecule has 1 aliphatic rings. The zero-order valence-electron chi connectivity index (χ0n) is 25.4. The van der Waals surface area contributed by atoms with E-state index in [1.54, 1.807) is 12.1 Å². The summed E-state index contributed by atoms with van der Waals surface area (Å²) in [5, 5.41) is 0.463. The number of ether oxygens (including phenoxy) is 3. The molecule has 2 N–H and O–H groups in total. The summed E-state index contributed by atoms with van der Waals surface area (Å²) in [4.78, 5) is 38.1. The van der Waals surface area contributed by atoms with E-state index >= 15 is 4.39 Å². The van der Waals surface area contributed by atoms with Crippen molar-refractivity contribution >= 4 is 34.1 Å². The molecule has 236 valence electrons. The third-order valence-electron chi connectivity index (χ3n) is 8.20. The number of amides is 2. The lowest BCUT2D eigenvalue weighted by atomic mass is 9.67. The predicted octanol–water partition coefficient (Wildman–Crippen LogP) is 5.75.